The predicted molar refractivity (Wildman–Crippen MR) is 82.0 cm³/mol. The zero-order valence-corrected chi connectivity index (χ0v) is 12.5. The van der Waals surface area contributed by atoms with Crippen molar-refractivity contribution < 1.29 is 9.53 Å². The lowest BCUT2D eigenvalue weighted by Gasteiger charge is -2.09. The molecule has 6 heteroatoms. The molecule has 20 heavy (non-hydrogen) atoms. The van der Waals surface area contributed by atoms with Crippen LogP contribution in [0.4, 0.5) is 5.69 Å². The molecule has 2 rings (SSSR count). The molecule has 0 heterocycles. The van der Waals surface area contributed by atoms with E-state index >= 15 is 0 Å². The van der Waals surface area contributed by atoms with E-state index in [0.29, 0.717) is 26.5 Å². The smallest absolute Gasteiger partial charge is 0.262 e. The highest BCUT2D eigenvalue weighted by atomic mass is 35.5. The van der Waals surface area contributed by atoms with Crippen molar-refractivity contribution in [3.8, 4) is 5.75 Å². The maximum Gasteiger partial charge on any atom is 0.262 e. The van der Waals surface area contributed by atoms with Crippen LogP contribution in [-0.4, -0.2) is 12.5 Å². The van der Waals surface area contributed by atoms with Crippen LogP contribution in [0.1, 0.15) is 0 Å². The van der Waals surface area contributed by atoms with Gasteiger partial charge in [-0.25, -0.2) is 0 Å². The van der Waals surface area contributed by atoms with Crippen molar-refractivity contribution in [2.24, 2.45) is 0 Å². The minimum Gasteiger partial charge on any atom is -0.484 e. The Kier molecular flexibility index (Phi) is 5.12. The quantitative estimate of drug-likeness (QED) is 0.885. The van der Waals surface area contributed by atoms with E-state index in [9.17, 15) is 4.79 Å². The minimum atomic E-state index is -0.330. The SMILES string of the molecule is O=C(COc1ccc(Cl)cc1)Nc1cc(Cl)ccc1Cl. The summed E-state index contributed by atoms with van der Waals surface area (Å²) in [6.45, 7) is -0.134. The number of carbonyl (C=O) groups excluding carboxylic acids is 1. The van der Waals surface area contributed by atoms with Crippen LogP contribution in [0.2, 0.25) is 15.1 Å². The molecule has 0 saturated heterocycles. The summed E-state index contributed by atoms with van der Waals surface area (Å²) in [5.41, 5.74) is 0.448. The van der Waals surface area contributed by atoms with Crippen molar-refractivity contribution in [2.75, 3.05) is 11.9 Å². The average Bonchev–Trinajstić information content (AvgIpc) is 2.42. The van der Waals surface area contributed by atoms with Crippen LogP contribution in [0.25, 0.3) is 0 Å². The Hall–Kier alpha value is -1.42. The van der Waals surface area contributed by atoms with Crippen molar-refractivity contribution in [3.05, 3.63) is 57.5 Å². The van der Waals surface area contributed by atoms with E-state index in [1.165, 1.54) is 0 Å². The van der Waals surface area contributed by atoms with Crippen LogP contribution >= 0.6 is 34.8 Å². The number of nitrogens with one attached hydrogen (secondary N) is 1. The van der Waals surface area contributed by atoms with Gasteiger partial charge in [0.25, 0.3) is 5.91 Å². The molecule has 104 valence electrons. The van der Waals surface area contributed by atoms with Crippen LogP contribution in [-0.2, 0) is 4.79 Å². The van der Waals surface area contributed by atoms with Crippen LogP contribution in [0.3, 0.4) is 0 Å². The minimum absolute atomic E-state index is 0.134. The van der Waals surface area contributed by atoms with Crippen molar-refractivity contribution in [2.45, 2.75) is 0 Å². The molecule has 0 saturated carbocycles. The monoisotopic (exact) mass is 329 g/mol. The van der Waals surface area contributed by atoms with E-state index in [0.717, 1.165) is 0 Å². The second-order valence-electron chi connectivity index (χ2n) is 3.91. The fraction of sp³-hybridized carbons (Fsp3) is 0.0714. The molecule has 1 N–H and O–H groups in total. The molecule has 0 atom stereocenters. The van der Waals surface area contributed by atoms with E-state index < -0.39 is 0 Å². The van der Waals surface area contributed by atoms with Gasteiger partial charge in [0.1, 0.15) is 5.75 Å². The molecule has 0 radical (unpaired) electrons. The topological polar surface area (TPSA) is 38.3 Å². The Morgan fingerprint density at radius 1 is 1.00 bits per heavy atom. The lowest BCUT2D eigenvalue weighted by Crippen LogP contribution is -2.20. The summed E-state index contributed by atoms with van der Waals surface area (Å²) in [4.78, 5) is 11.8. The highest BCUT2D eigenvalue weighted by Gasteiger charge is 2.07. The van der Waals surface area contributed by atoms with Gasteiger partial charge in [0.15, 0.2) is 6.61 Å². The zero-order chi connectivity index (χ0) is 14.5. The third-order valence-electron chi connectivity index (χ3n) is 2.39. The number of anilines is 1. The number of ether oxygens (including phenoxy) is 1. The molecule has 0 unspecified atom stereocenters. The van der Waals surface area contributed by atoms with Gasteiger partial charge in [0, 0.05) is 10.0 Å². The molecule has 0 bridgehead atoms. The summed E-state index contributed by atoms with van der Waals surface area (Å²) in [5.74, 6) is 0.228. The summed E-state index contributed by atoms with van der Waals surface area (Å²) in [5, 5.41) is 4.13. The van der Waals surface area contributed by atoms with Gasteiger partial charge in [-0.15, -0.1) is 0 Å². The largest absolute Gasteiger partial charge is 0.484 e. The van der Waals surface area contributed by atoms with Gasteiger partial charge in [0.05, 0.1) is 10.7 Å². The molecule has 0 aliphatic heterocycles. The van der Waals surface area contributed by atoms with Crippen molar-refractivity contribution in [3.63, 3.8) is 0 Å². The molecule has 0 aromatic heterocycles. The third kappa shape index (κ3) is 4.30. The molecule has 0 spiro atoms. The van der Waals surface area contributed by atoms with Gasteiger partial charge in [0.2, 0.25) is 0 Å². The summed E-state index contributed by atoms with van der Waals surface area (Å²) >= 11 is 17.5. The first-order chi connectivity index (χ1) is 9.54. The van der Waals surface area contributed by atoms with Crippen LogP contribution in [0, 0.1) is 0 Å². The van der Waals surface area contributed by atoms with Gasteiger partial charge in [-0.2, -0.15) is 0 Å². The van der Waals surface area contributed by atoms with Gasteiger partial charge in [-0.1, -0.05) is 34.8 Å². The van der Waals surface area contributed by atoms with Gasteiger partial charge in [-0.05, 0) is 42.5 Å². The van der Waals surface area contributed by atoms with E-state index in [4.69, 9.17) is 39.5 Å². The molecule has 2 aromatic carbocycles. The summed E-state index contributed by atoms with van der Waals surface area (Å²) in [7, 11) is 0. The Morgan fingerprint density at radius 2 is 1.65 bits per heavy atom. The second kappa shape index (κ2) is 6.84. The van der Waals surface area contributed by atoms with Crippen molar-refractivity contribution in [1.82, 2.24) is 0 Å². The highest BCUT2D eigenvalue weighted by molar-refractivity contribution is 6.35. The van der Waals surface area contributed by atoms with E-state index in [2.05, 4.69) is 5.32 Å². The van der Waals surface area contributed by atoms with Gasteiger partial charge < -0.3 is 10.1 Å². The van der Waals surface area contributed by atoms with Crippen molar-refractivity contribution >= 4 is 46.4 Å². The lowest BCUT2D eigenvalue weighted by molar-refractivity contribution is -0.118. The first-order valence-corrected chi connectivity index (χ1v) is 6.81. The molecule has 1 amide bonds. The molecule has 0 fully saturated rings. The van der Waals surface area contributed by atoms with Crippen LogP contribution in [0.5, 0.6) is 5.75 Å². The first kappa shape index (κ1) is 15.0. The molecule has 0 aliphatic rings. The fourth-order valence-corrected chi connectivity index (χ4v) is 1.92. The number of halogens is 3. The Labute approximate surface area is 131 Å². The van der Waals surface area contributed by atoms with E-state index in [-0.39, 0.29) is 12.5 Å². The van der Waals surface area contributed by atoms with E-state index in [1.807, 2.05) is 0 Å². The van der Waals surface area contributed by atoms with Crippen LogP contribution < -0.4 is 10.1 Å². The Balaban J connectivity index is 1.92. The second-order valence-corrected chi connectivity index (χ2v) is 5.20. The predicted octanol–water partition coefficient (Wildman–Crippen LogP) is 4.66. The van der Waals surface area contributed by atoms with Gasteiger partial charge >= 0.3 is 0 Å². The number of benzene rings is 2. The first-order valence-electron chi connectivity index (χ1n) is 5.68. The Morgan fingerprint density at radius 3 is 2.35 bits per heavy atom. The maximum atomic E-state index is 11.8. The number of amides is 1. The summed E-state index contributed by atoms with van der Waals surface area (Å²) in [6, 6.07) is 11.6. The zero-order valence-electron chi connectivity index (χ0n) is 10.2. The lowest BCUT2D eigenvalue weighted by atomic mass is 10.3. The molecule has 2 aromatic rings. The molecule has 3 nitrogen and oxygen atoms in total. The fourth-order valence-electron chi connectivity index (χ4n) is 1.46. The molecular formula is C14H10Cl3NO2. The number of rotatable bonds is 4. The number of hydrogen-bond acceptors (Lipinski definition) is 2. The normalized spacial score (nSPS) is 10.2. The number of carbonyl (C=O) groups is 1. The maximum absolute atomic E-state index is 11.8. The summed E-state index contributed by atoms with van der Waals surface area (Å²) < 4.78 is 5.32. The number of hydrogen-bond donors (Lipinski definition) is 1. The third-order valence-corrected chi connectivity index (χ3v) is 3.20. The van der Waals surface area contributed by atoms with Gasteiger partial charge in [-0.3, -0.25) is 4.79 Å². The summed E-state index contributed by atoms with van der Waals surface area (Å²) in [6.07, 6.45) is 0. The molecular weight excluding hydrogens is 321 g/mol. The average molecular weight is 331 g/mol. The van der Waals surface area contributed by atoms with E-state index in [1.54, 1.807) is 42.5 Å². The Bertz CT molecular complexity index is 614. The van der Waals surface area contributed by atoms with Crippen molar-refractivity contribution in [1.29, 1.82) is 0 Å². The highest BCUT2D eigenvalue weighted by Crippen LogP contribution is 2.25. The van der Waals surface area contributed by atoms with Crippen LogP contribution in [0.15, 0.2) is 42.5 Å². The molecule has 0 aliphatic carbocycles. The standard InChI is InChI=1S/C14H10Cl3NO2/c15-9-1-4-11(5-2-9)20-8-14(19)18-13-7-10(16)3-6-12(13)17/h1-7H,8H2,(H,18,19).